The lowest BCUT2D eigenvalue weighted by Crippen LogP contribution is -2.41. The molecule has 0 saturated carbocycles. The quantitative estimate of drug-likeness (QED) is 0.763. The molecule has 0 aliphatic heterocycles. The zero-order valence-corrected chi connectivity index (χ0v) is 12.8. The summed E-state index contributed by atoms with van der Waals surface area (Å²) in [5, 5.41) is 8.67. The number of sulfonamides is 1. The van der Waals surface area contributed by atoms with Crippen molar-refractivity contribution in [3.05, 3.63) is 29.3 Å². The standard InChI is InChI=1S/C11H10F5N3O2S.ClH/c12-10(13,5-18)6-19-22(20,21)8-1-2-9(11(14,15)16)7(3-8)4-17;/h1-3,19H,5-6,18H2;1H. The third-order valence-corrected chi connectivity index (χ3v) is 3.95. The number of nitrogens with two attached hydrogens (primary N) is 1. The fourth-order valence-electron chi connectivity index (χ4n) is 1.39. The zero-order chi connectivity index (χ0) is 17.2. The molecule has 5 nitrogen and oxygen atoms in total. The summed E-state index contributed by atoms with van der Waals surface area (Å²) in [6.45, 7) is -2.42. The van der Waals surface area contributed by atoms with Crippen LogP contribution in [0.15, 0.2) is 23.1 Å². The molecule has 1 rings (SSSR count). The predicted molar refractivity (Wildman–Crippen MR) is 72.6 cm³/mol. The summed E-state index contributed by atoms with van der Waals surface area (Å²) in [7, 11) is -4.50. The minimum Gasteiger partial charge on any atom is -0.325 e. The van der Waals surface area contributed by atoms with E-state index in [1.807, 2.05) is 0 Å². The van der Waals surface area contributed by atoms with Gasteiger partial charge >= 0.3 is 6.18 Å². The molecule has 130 valence electrons. The Bertz CT molecular complexity index is 701. The Hall–Kier alpha value is -1.48. The van der Waals surface area contributed by atoms with Gasteiger partial charge in [-0.05, 0) is 18.2 Å². The fraction of sp³-hybridized carbons (Fsp3) is 0.364. The lowest BCUT2D eigenvalue weighted by atomic mass is 10.1. The first-order valence-corrected chi connectivity index (χ1v) is 7.10. The highest BCUT2D eigenvalue weighted by Gasteiger charge is 2.35. The van der Waals surface area contributed by atoms with Crippen molar-refractivity contribution in [2.75, 3.05) is 13.1 Å². The van der Waals surface area contributed by atoms with Gasteiger partial charge in [-0.2, -0.15) is 18.4 Å². The van der Waals surface area contributed by atoms with Gasteiger partial charge in [-0.1, -0.05) is 0 Å². The number of nitriles is 1. The maximum atomic E-state index is 12.9. The van der Waals surface area contributed by atoms with Crippen LogP contribution in [0.3, 0.4) is 0 Å². The molecular formula is C11H11ClF5N3O2S. The van der Waals surface area contributed by atoms with E-state index < -0.39 is 51.2 Å². The van der Waals surface area contributed by atoms with E-state index in [-0.39, 0.29) is 12.4 Å². The SMILES string of the molecule is Cl.N#Cc1cc(S(=O)(=O)NCC(F)(F)CN)ccc1C(F)(F)F. The normalized spacial score (nSPS) is 12.4. The highest BCUT2D eigenvalue weighted by Crippen LogP contribution is 2.32. The van der Waals surface area contributed by atoms with Crippen molar-refractivity contribution < 1.29 is 30.4 Å². The van der Waals surface area contributed by atoms with Crippen molar-refractivity contribution in [2.45, 2.75) is 17.0 Å². The van der Waals surface area contributed by atoms with Crippen molar-refractivity contribution in [1.29, 1.82) is 5.26 Å². The molecular weight excluding hydrogens is 369 g/mol. The van der Waals surface area contributed by atoms with Crippen LogP contribution in [0.5, 0.6) is 0 Å². The van der Waals surface area contributed by atoms with Gasteiger partial charge < -0.3 is 5.73 Å². The Balaban J connectivity index is 0.00000484. The molecule has 0 heterocycles. The molecule has 0 atom stereocenters. The van der Waals surface area contributed by atoms with Gasteiger partial charge in [-0.3, -0.25) is 0 Å². The van der Waals surface area contributed by atoms with Gasteiger partial charge in [0.2, 0.25) is 10.0 Å². The number of hydrogen-bond donors (Lipinski definition) is 2. The van der Waals surface area contributed by atoms with Crippen LogP contribution in [0, 0.1) is 11.3 Å². The first-order chi connectivity index (χ1) is 9.93. The first kappa shape index (κ1) is 21.5. The summed E-state index contributed by atoms with van der Waals surface area (Å²) in [6, 6.07) is 2.65. The monoisotopic (exact) mass is 379 g/mol. The molecule has 1 aromatic carbocycles. The third kappa shape index (κ3) is 5.58. The van der Waals surface area contributed by atoms with E-state index in [9.17, 15) is 30.4 Å². The molecule has 0 spiro atoms. The summed E-state index contributed by atoms with van der Waals surface area (Å²) in [5.41, 5.74) is 2.49. The van der Waals surface area contributed by atoms with Crippen molar-refractivity contribution in [3.63, 3.8) is 0 Å². The van der Waals surface area contributed by atoms with Crippen LogP contribution in [-0.2, 0) is 16.2 Å². The van der Waals surface area contributed by atoms with Gasteiger partial charge in [0.15, 0.2) is 0 Å². The number of halogens is 6. The molecule has 0 radical (unpaired) electrons. The van der Waals surface area contributed by atoms with Gasteiger partial charge in [-0.15, -0.1) is 12.4 Å². The average molecular weight is 380 g/mol. The number of benzene rings is 1. The molecule has 23 heavy (non-hydrogen) atoms. The Labute approximate surface area is 134 Å². The highest BCUT2D eigenvalue weighted by atomic mass is 35.5. The van der Waals surface area contributed by atoms with E-state index in [1.54, 1.807) is 0 Å². The summed E-state index contributed by atoms with van der Waals surface area (Å²) in [5.74, 6) is -3.50. The number of rotatable bonds is 5. The minimum absolute atomic E-state index is 0. The second kappa shape index (κ2) is 7.39. The molecule has 0 aliphatic rings. The van der Waals surface area contributed by atoms with E-state index in [0.717, 1.165) is 0 Å². The van der Waals surface area contributed by atoms with Gasteiger partial charge in [-0.25, -0.2) is 21.9 Å². The van der Waals surface area contributed by atoms with Gasteiger partial charge in [0.05, 0.1) is 35.2 Å². The molecule has 0 aromatic heterocycles. The number of alkyl halides is 5. The minimum atomic E-state index is -4.84. The first-order valence-electron chi connectivity index (χ1n) is 5.62. The Kier molecular flexibility index (Phi) is 6.92. The summed E-state index contributed by atoms with van der Waals surface area (Å²) >= 11 is 0. The Morgan fingerprint density at radius 1 is 1.22 bits per heavy atom. The second-order valence-corrected chi connectivity index (χ2v) is 5.97. The van der Waals surface area contributed by atoms with Crippen LogP contribution in [0.2, 0.25) is 0 Å². The van der Waals surface area contributed by atoms with Crippen LogP contribution in [0.25, 0.3) is 0 Å². The molecule has 0 unspecified atom stereocenters. The molecule has 3 N–H and O–H groups in total. The molecule has 12 heteroatoms. The molecule has 0 fully saturated rings. The van der Waals surface area contributed by atoms with Crippen LogP contribution in [-0.4, -0.2) is 27.4 Å². The lowest BCUT2D eigenvalue weighted by Gasteiger charge is -2.15. The third-order valence-electron chi connectivity index (χ3n) is 2.55. The molecule has 0 aliphatic carbocycles. The zero-order valence-electron chi connectivity index (χ0n) is 11.2. The van der Waals surface area contributed by atoms with Crippen LogP contribution in [0.1, 0.15) is 11.1 Å². The Morgan fingerprint density at radius 3 is 2.22 bits per heavy atom. The van der Waals surface area contributed by atoms with E-state index in [0.29, 0.717) is 18.2 Å². The largest absolute Gasteiger partial charge is 0.417 e. The van der Waals surface area contributed by atoms with E-state index in [4.69, 9.17) is 11.0 Å². The number of nitrogens with zero attached hydrogens (tertiary/aromatic N) is 1. The average Bonchev–Trinajstić information content (AvgIpc) is 2.43. The molecule has 0 bridgehead atoms. The fourth-order valence-corrected chi connectivity index (χ4v) is 2.47. The van der Waals surface area contributed by atoms with Crippen molar-refractivity contribution >= 4 is 22.4 Å². The van der Waals surface area contributed by atoms with Crippen LogP contribution >= 0.6 is 12.4 Å². The summed E-state index contributed by atoms with van der Waals surface area (Å²) < 4.78 is 88.6. The number of nitrogens with one attached hydrogen (secondary N) is 1. The summed E-state index contributed by atoms with van der Waals surface area (Å²) in [4.78, 5) is -0.732. The van der Waals surface area contributed by atoms with E-state index >= 15 is 0 Å². The van der Waals surface area contributed by atoms with Crippen LogP contribution < -0.4 is 10.5 Å². The molecule has 1 aromatic rings. The van der Waals surface area contributed by atoms with Crippen molar-refractivity contribution in [1.82, 2.24) is 4.72 Å². The van der Waals surface area contributed by atoms with Gasteiger partial charge in [0.1, 0.15) is 0 Å². The maximum absolute atomic E-state index is 12.9. The summed E-state index contributed by atoms with van der Waals surface area (Å²) in [6.07, 6.45) is -4.84. The molecule has 0 amide bonds. The molecule has 0 saturated heterocycles. The second-order valence-electron chi connectivity index (χ2n) is 4.20. The Morgan fingerprint density at radius 2 is 1.78 bits per heavy atom. The van der Waals surface area contributed by atoms with E-state index in [1.165, 1.54) is 10.8 Å². The van der Waals surface area contributed by atoms with Gasteiger partial charge in [0.25, 0.3) is 5.92 Å². The maximum Gasteiger partial charge on any atom is 0.417 e. The topological polar surface area (TPSA) is 96.0 Å². The van der Waals surface area contributed by atoms with Crippen LogP contribution in [0.4, 0.5) is 22.0 Å². The van der Waals surface area contributed by atoms with E-state index in [2.05, 4.69) is 0 Å². The van der Waals surface area contributed by atoms with Crippen molar-refractivity contribution in [2.24, 2.45) is 5.73 Å². The lowest BCUT2D eigenvalue weighted by molar-refractivity contribution is -0.137. The smallest absolute Gasteiger partial charge is 0.325 e. The van der Waals surface area contributed by atoms with Gasteiger partial charge in [0, 0.05) is 0 Å². The van der Waals surface area contributed by atoms with Crippen molar-refractivity contribution in [3.8, 4) is 6.07 Å². The predicted octanol–water partition coefficient (Wildman–Crippen LogP) is 1.87. The number of hydrogen-bond acceptors (Lipinski definition) is 4. The highest BCUT2D eigenvalue weighted by molar-refractivity contribution is 7.89.